The van der Waals surface area contributed by atoms with Gasteiger partial charge in [-0.05, 0) is 34.1 Å². The third-order valence-electron chi connectivity index (χ3n) is 1.81. The normalized spacial score (nSPS) is 9.93. The first-order chi connectivity index (χ1) is 7.25. The highest BCUT2D eigenvalue weighted by Crippen LogP contribution is 2.24. The van der Waals surface area contributed by atoms with E-state index in [0.717, 1.165) is 10.2 Å². The molecule has 0 saturated heterocycles. The van der Waals surface area contributed by atoms with Gasteiger partial charge in [-0.1, -0.05) is 12.1 Å². The van der Waals surface area contributed by atoms with Crippen molar-refractivity contribution in [1.29, 1.82) is 0 Å². The van der Waals surface area contributed by atoms with Crippen LogP contribution in [0.15, 0.2) is 41.0 Å². The van der Waals surface area contributed by atoms with E-state index in [0.29, 0.717) is 5.82 Å². The molecule has 15 heavy (non-hydrogen) atoms. The van der Waals surface area contributed by atoms with Gasteiger partial charge in [0.25, 0.3) is 0 Å². The second-order valence-corrected chi connectivity index (χ2v) is 3.76. The minimum Gasteiger partial charge on any atom is -0.368 e. The summed E-state index contributed by atoms with van der Waals surface area (Å²) in [6.45, 7) is 0. The molecule has 4 nitrogen and oxygen atoms in total. The third kappa shape index (κ3) is 2.44. The molecule has 76 valence electrons. The van der Waals surface area contributed by atoms with Crippen molar-refractivity contribution in [2.75, 3.05) is 11.1 Å². The van der Waals surface area contributed by atoms with E-state index in [1.807, 2.05) is 24.3 Å². The van der Waals surface area contributed by atoms with Crippen LogP contribution in [0, 0.1) is 0 Å². The molecule has 0 spiro atoms. The monoisotopic (exact) mass is 264 g/mol. The predicted molar refractivity (Wildman–Crippen MR) is 63.9 cm³/mol. The zero-order chi connectivity index (χ0) is 10.7. The lowest BCUT2D eigenvalue weighted by molar-refractivity contribution is 1.18. The first-order valence-electron chi connectivity index (χ1n) is 4.36. The quantitative estimate of drug-likeness (QED) is 0.875. The molecule has 5 heteroatoms. The van der Waals surface area contributed by atoms with Crippen molar-refractivity contribution in [2.24, 2.45) is 0 Å². The number of hydrogen-bond donors (Lipinski definition) is 2. The van der Waals surface area contributed by atoms with Gasteiger partial charge in [0.1, 0.15) is 5.82 Å². The number of anilines is 3. The summed E-state index contributed by atoms with van der Waals surface area (Å²) >= 11 is 3.44. The highest BCUT2D eigenvalue weighted by Gasteiger charge is 2.00. The molecule has 0 saturated carbocycles. The smallest absolute Gasteiger partial charge is 0.221 e. The van der Waals surface area contributed by atoms with Gasteiger partial charge in [-0.25, -0.2) is 4.98 Å². The number of rotatable bonds is 2. The summed E-state index contributed by atoms with van der Waals surface area (Å²) < 4.78 is 0.974. The maximum absolute atomic E-state index is 5.48. The second-order valence-electron chi connectivity index (χ2n) is 2.90. The molecule has 0 atom stereocenters. The van der Waals surface area contributed by atoms with E-state index in [2.05, 4.69) is 31.2 Å². The van der Waals surface area contributed by atoms with Crippen molar-refractivity contribution >= 4 is 33.4 Å². The maximum Gasteiger partial charge on any atom is 0.221 e. The Morgan fingerprint density at radius 2 is 2.00 bits per heavy atom. The van der Waals surface area contributed by atoms with Gasteiger partial charge in [-0.2, -0.15) is 4.98 Å². The molecule has 3 N–H and O–H groups in total. The summed E-state index contributed by atoms with van der Waals surface area (Å²) in [7, 11) is 0. The van der Waals surface area contributed by atoms with Crippen LogP contribution in [0.1, 0.15) is 0 Å². The molecule has 0 aliphatic heterocycles. The Bertz CT molecular complexity index is 472. The number of nitrogen functional groups attached to an aromatic ring is 1. The maximum atomic E-state index is 5.48. The Labute approximate surface area is 95.7 Å². The Balaban J connectivity index is 2.26. The summed E-state index contributed by atoms with van der Waals surface area (Å²) in [5.74, 6) is 0.932. The van der Waals surface area contributed by atoms with Crippen LogP contribution < -0.4 is 11.1 Å². The van der Waals surface area contributed by atoms with E-state index >= 15 is 0 Å². The van der Waals surface area contributed by atoms with E-state index in [9.17, 15) is 0 Å². The van der Waals surface area contributed by atoms with Crippen molar-refractivity contribution in [3.05, 3.63) is 41.0 Å². The summed E-state index contributed by atoms with van der Waals surface area (Å²) in [6.07, 6.45) is 1.61. The fraction of sp³-hybridized carbons (Fsp3) is 0. The molecule has 2 rings (SSSR count). The van der Waals surface area contributed by atoms with Crippen molar-refractivity contribution in [3.63, 3.8) is 0 Å². The fourth-order valence-electron chi connectivity index (χ4n) is 1.14. The van der Waals surface area contributed by atoms with Crippen LogP contribution in [0.2, 0.25) is 0 Å². The molecule has 2 aromatic rings. The van der Waals surface area contributed by atoms with Crippen LogP contribution in [-0.2, 0) is 0 Å². The average molecular weight is 265 g/mol. The molecule has 0 aliphatic carbocycles. The van der Waals surface area contributed by atoms with E-state index in [1.54, 1.807) is 12.3 Å². The minimum atomic E-state index is 0.257. The fourth-order valence-corrected chi connectivity index (χ4v) is 1.53. The molecule has 0 aliphatic rings. The minimum absolute atomic E-state index is 0.257. The number of aromatic nitrogens is 2. The molecule has 0 bridgehead atoms. The largest absolute Gasteiger partial charge is 0.368 e. The van der Waals surface area contributed by atoms with Crippen molar-refractivity contribution in [2.45, 2.75) is 0 Å². The topological polar surface area (TPSA) is 63.8 Å². The Morgan fingerprint density at radius 1 is 1.20 bits per heavy atom. The molecular formula is C10H9BrN4. The van der Waals surface area contributed by atoms with Crippen molar-refractivity contribution in [1.82, 2.24) is 9.97 Å². The summed E-state index contributed by atoms with van der Waals surface area (Å²) in [4.78, 5) is 7.86. The molecule has 1 heterocycles. The number of nitrogens with zero attached hydrogens (tertiary/aromatic N) is 2. The Morgan fingerprint density at radius 3 is 2.73 bits per heavy atom. The zero-order valence-electron chi connectivity index (χ0n) is 7.81. The summed E-state index contributed by atoms with van der Waals surface area (Å²) in [5, 5.41) is 3.14. The van der Waals surface area contributed by atoms with Crippen molar-refractivity contribution in [3.8, 4) is 0 Å². The number of nitrogens with one attached hydrogen (secondary N) is 1. The SMILES string of the molecule is Nc1nccc(Nc2ccccc2Br)n1. The van der Waals surface area contributed by atoms with Gasteiger partial charge in [-0.15, -0.1) is 0 Å². The van der Waals surface area contributed by atoms with Gasteiger partial charge >= 0.3 is 0 Å². The van der Waals surface area contributed by atoms with Crippen LogP contribution in [0.3, 0.4) is 0 Å². The molecule has 1 aromatic carbocycles. The molecule has 0 unspecified atom stereocenters. The highest BCUT2D eigenvalue weighted by molar-refractivity contribution is 9.10. The first-order valence-corrected chi connectivity index (χ1v) is 5.15. The highest BCUT2D eigenvalue weighted by atomic mass is 79.9. The van der Waals surface area contributed by atoms with E-state index < -0.39 is 0 Å². The standard InChI is InChI=1S/C10H9BrN4/c11-7-3-1-2-4-8(7)14-9-5-6-13-10(12)15-9/h1-6H,(H3,12,13,14,15). The molecule has 0 radical (unpaired) electrons. The number of benzene rings is 1. The zero-order valence-corrected chi connectivity index (χ0v) is 9.40. The third-order valence-corrected chi connectivity index (χ3v) is 2.50. The number of halogens is 1. The lowest BCUT2D eigenvalue weighted by atomic mass is 10.3. The number of hydrogen-bond acceptors (Lipinski definition) is 4. The van der Waals surface area contributed by atoms with Gasteiger partial charge in [0.15, 0.2) is 0 Å². The van der Waals surface area contributed by atoms with E-state index in [4.69, 9.17) is 5.73 Å². The van der Waals surface area contributed by atoms with Crippen LogP contribution in [0.5, 0.6) is 0 Å². The van der Waals surface area contributed by atoms with Crippen LogP contribution >= 0.6 is 15.9 Å². The number of nitrogens with two attached hydrogens (primary N) is 1. The molecular weight excluding hydrogens is 256 g/mol. The average Bonchev–Trinajstić information content (AvgIpc) is 2.22. The summed E-state index contributed by atoms with van der Waals surface area (Å²) in [5.41, 5.74) is 6.42. The van der Waals surface area contributed by atoms with Gasteiger partial charge < -0.3 is 11.1 Å². The molecule has 0 fully saturated rings. The van der Waals surface area contributed by atoms with Gasteiger partial charge in [0, 0.05) is 10.7 Å². The van der Waals surface area contributed by atoms with E-state index in [-0.39, 0.29) is 5.95 Å². The van der Waals surface area contributed by atoms with Crippen LogP contribution in [-0.4, -0.2) is 9.97 Å². The molecule has 1 aromatic heterocycles. The van der Waals surface area contributed by atoms with Crippen molar-refractivity contribution < 1.29 is 0 Å². The van der Waals surface area contributed by atoms with Crippen LogP contribution in [0.25, 0.3) is 0 Å². The Kier molecular flexibility index (Phi) is 2.82. The Hall–Kier alpha value is -1.62. The van der Waals surface area contributed by atoms with Crippen LogP contribution in [0.4, 0.5) is 17.5 Å². The second kappa shape index (κ2) is 4.27. The lowest BCUT2D eigenvalue weighted by Gasteiger charge is -2.06. The lowest BCUT2D eigenvalue weighted by Crippen LogP contribution is -1.99. The van der Waals surface area contributed by atoms with Gasteiger partial charge in [-0.3, -0.25) is 0 Å². The first kappa shape index (κ1) is 9.92. The van der Waals surface area contributed by atoms with E-state index in [1.165, 1.54) is 0 Å². The number of para-hydroxylation sites is 1. The molecule has 0 amide bonds. The van der Waals surface area contributed by atoms with Gasteiger partial charge in [0.05, 0.1) is 5.69 Å². The predicted octanol–water partition coefficient (Wildman–Crippen LogP) is 2.56. The van der Waals surface area contributed by atoms with Gasteiger partial charge in [0.2, 0.25) is 5.95 Å². The summed E-state index contributed by atoms with van der Waals surface area (Å²) in [6, 6.07) is 9.55.